The number of rotatable bonds is 5. The molecule has 0 amide bonds. The van der Waals surface area contributed by atoms with Crippen molar-refractivity contribution in [3.05, 3.63) is 24.3 Å². The fourth-order valence-corrected chi connectivity index (χ4v) is 2.60. The molecule has 1 aromatic rings. The zero-order chi connectivity index (χ0) is 13.7. The van der Waals surface area contributed by atoms with Crippen molar-refractivity contribution in [3.63, 3.8) is 0 Å². The van der Waals surface area contributed by atoms with Gasteiger partial charge in [-0.05, 0) is 57.1 Å². The molecule has 0 aromatic heterocycles. The van der Waals surface area contributed by atoms with Crippen LogP contribution < -0.4 is 14.8 Å². The van der Waals surface area contributed by atoms with Crippen LogP contribution in [0.25, 0.3) is 0 Å². The molecule has 0 unspecified atom stereocenters. The van der Waals surface area contributed by atoms with Gasteiger partial charge in [0, 0.05) is 5.69 Å². The van der Waals surface area contributed by atoms with Gasteiger partial charge in [0.25, 0.3) is 0 Å². The summed E-state index contributed by atoms with van der Waals surface area (Å²) >= 11 is 0. The number of anilines is 1. The van der Waals surface area contributed by atoms with Crippen molar-refractivity contribution in [1.29, 1.82) is 0 Å². The first kappa shape index (κ1) is 20.3. The van der Waals surface area contributed by atoms with Crippen LogP contribution in [-0.2, 0) is 10.0 Å². The third-order valence-corrected chi connectivity index (χ3v) is 4.40. The number of benzene rings is 1. The van der Waals surface area contributed by atoms with E-state index in [-0.39, 0.29) is 36.7 Å². The highest BCUT2D eigenvalue weighted by atomic mass is 35.5. The minimum absolute atomic E-state index is 0. The SMILES string of the molecule is CCS(=O)(=O)Nc1ccc(OC2CCNCC2)cc1.Cl.Cl. The molecule has 1 aliphatic rings. The van der Waals surface area contributed by atoms with Crippen LogP contribution in [0.4, 0.5) is 5.69 Å². The highest BCUT2D eigenvalue weighted by molar-refractivity contribution is 7.92. The lowest BCUT2D eigenvalue weighted by atomic mass is 10.1. The molecule has 1 heterocycles. The molecule has 8 heteroatoms. The van der Waals surface area contributed by atoms with Gasteiger partial charge in [-0.3, -0.25) is 4.72 Å². The monoisotopic (exact) mass is 356 g/mol. The Kier molecular flexibility index (Phi) is 9.04. The Bertz CT molecular complexity index is 503. The van der Waals surface area contributed by atoms with Crippen LogP contribution in [0.2, 0.25) is 0 Å². The minimum Gasteiger partial charge on any atom is -0.490 e. The molecular weight excluding hydrogens is 335 g/mol. The molecule has 2 rings (SSSR count). The predicted molar refractivity (Wildman–Crippen MR) is 90.5 cm³/mol. The van der Waals surface area contributed by atoms with Crippen molar-refractivity contribution in [3.8, 4) is 5.75 Å². The summed E-state index contributed by atoms with van der Waals surface area (Å²) in [5, 5.41) is 3.29. The van der Waals surface area contributed by atoms with E-state index in [1.54, 1.807) is 31.2 Å². The molecule has 122 valence electrons. The fraction of sp³-hybridized carbons (Fsp3) is 0.538. The van der Waals surface area contributed by atoms with Crippen LogP contribution in [-0.4, -0.2) is 33.4 Å². The van der Waals surface area contributed by atoms with Crippen molar-refractivity contribution >= 4 is 40.5 Å². The van der Waals surface area contributed by atoms with Gasteiger partial charge in [-0.1, -0.05) is 0 Å². The number of hydrogen-bond donors (Lipinski definition) is 2. The molecule has 0 atom stereocenters. The highest BCUT2D eigenvalue weighted by Crippen LogP contribution is 2.20. The summed E-state index contributed by atoms with van der Waals surface area (Å²) in [5.74, 6) is 0.853. The summed E-state index contributed by atoms with van der Waals surface area (Å²) in [6.45, 7) is 3.58. The van der Waals surface area contributed by atoms with E-state index in [0.717, 1.165) is 31.7 Å². The van der Waals surface area contributed by atoms with Gasteiger partial charge in [-0.15, -0.1) is 24.8 Å². The molecule has 21 heavy (non-hydrogen) atoms. The lowest BCUT2D eigenvalue weighted by Gasteiger charge is -2.23. The second-order valence-corrected chi connectivity index (χ2v) is 6.61. The van der Waals surface area contributed by atoms with E-state index in [2.05, 4.69) is 10.0 Å². The molecule has 1 aliphatic heterocycles. The van der Waals surface area contributed by atoms with Crippen molar-refractivity contribution in [2.24, 2.45) is 0 Å². The van der Waals surface area contributed by atoms with Crippen molar-refractivity contribution < 1.29 is 13.2 Å². The summed E-state index contributed by atoms with van der Waals surface area (Å²) in [4.78, 5) is 0. The van der Waals surface area contributed by atoms with E-state index in [9.17, 15) is 8.42 Å². The van der Waals surface area contributed by atoms with E-state index in [4.69, 9.17) is 4.74 Å². The number of halogens is 2. The van der Waals surface area contributed by atoms with Crippen molar-refractivity contribution in [2.75, 3.05) is 23.6 Å². The Hall–Kier alpha value is -0.690. The largest absolute Gasteiger partial charge is 0.490 e. The van der Waals surface area contributed by atoms with Gasteiger partial charge in [0.2, 0.25) is 10.0 Å². The predicted octanol–water partition coefficient (Wildman–Crippen LogP) is 2.42. The first-order valence-electron chi connectivity index (χ1n) is 6.57. The van der Waals surface area contributed by atoms with Gasteiger partial charge in [-0.2, -0.15) is 0 Å². The van der Waals surface area contributed by atoms with E-state index < -0.39 is 10.0 Å². The first-order chi connectivity index (χ1) is 9.09. The number of hydrogen-bond acceptors (Lipinski definition) is 4. The minimum atomic E-state index is -3.21. The summed E-state index contributed by atoms with van der Waals surface area (Å²) in [5.41, 5.74) is 0.569. The van der Waals surface area contributed by atoms with Gasteiger partial charge >= 0.3 is 0 Å². The molecule has 1 saturated heterocycles. The third-order valence-electron chi connectivity index (χ3n) is 3.10. The molecule has 2 N–H and O–H groups in total. The maximum Gasteiger partial charge on any atom is 0.232 e. The van der Waals surface area contributed by atoms with Gasteiger partial charge in [0.1, 0.15) is 11.9 Å². The van der Waals surface area contributed by atoms with Crippen molar-refractivity contribution in [2.45, 2.75) is 25.9 Å². The maximum absolute atomic E-state index is 11.4. The Morgan fingerprint density at radius 2 is 1.76 bits per heavy atom. The second-order valence-electron chi connectivity index (χ2n) is 4.60. The van der Waals surface area contributed by atoms with Gasteiger partial charge in [0.05, 0.1) is 5.75 Å². The zero-order valence-electron chi connectivity index (χ0n) is 11.9. The Morgan fingerprint density at radius 1 is 1.19 bits per heavy atom. The van der Waals surface area contributed by atoms with Crippen LogP contribution in [0.5, 0.6) is 5.75 Å². The first-order valence-corrected chi connectivity index (χ1v) is 8.22. The standard InChI is InChI=1S/C13H20N2O3S.2ClH/c1-2-19(16,17)15-11-3-5-12(6-4-11)18-13-7-9-14-10-8-13;;/h3-6,13-15H,2,7-10H2,1H3;2*1H. The van der Waals surface area contributed by atoms with Gasteiger partial charge in [-0.25, -0.2) is 8.42 Å². The van der Waals surface area contributed by atoms with E-state index in [1.165, 1.54) is 0 Å². The van der Waals surface area contributed by atoms with Gasteiger partial charge in [0.15, 0.2) is 0 Å². The lowest BCUT2D eigenvalue weighted by molar-refractivity contribution is 0.162. The Balaban J connectivity index is 0.00000200. The fourth-order valence-electron chi connectivity index (χ4n) is 1.96. The normalized spacial score (nSPS) is 15.5. The summed E-state index contributed by atoms with van der Waals surface area (Å²) in [7, 11) is -3.21. The molecular formula is C13H22Cl2N2O3S. The van der Waals surface area contributed by atoms with Gasteiger partial charge < -0.3 is 10.1 Å². The average Bonchev–Trinajstić information content (AvgIpc) is 2.42. The number of ether oxygens (including phenoxy) is 1. The molecule has 5 nitrogen and oxygen atoms in total. The smallest absolute Gasteiger partial charge is 0.232 e. The topological polar surface area (TPSA) is 67.4 Å². The highest BCUT2D eigenvalue weighted by Gasteiger charge is 2.14. The molecule has 1 fully saturated rings. The zero-order valence-corrected chi connectivity index (χ0v) is 14.3. The lowest BCUT2D eigenvalue weighted by Crippen LogP contribution is -2.34. The van der Waals surface area contributed by atoms with Crippen LogP contribution in [0, 0.1) is 0 Å². The van der Waals surface area contributed by atoms with Crippen LogP contribution >= 0.6 is 24.8 Å². The second kappa shape index (κ2) is 9.35. The number of nitrogens with one attached hydrogen (secondary N) is 2. The quantitative estimate of drug-likeness (QED) is 0.849. The molecule has 0 spiro atoms. The average molecular weight is 357 g/mol. The summed E-state index contributed by atoms with van der Waals surface area (Å²) in [6, 6.07) is 7.05. The van der Waals surface area contributed by atoms with E-state index >= 15 is 0 Å². The Labute approximate surface area is 138 Å². The number of piperidine rings is 1. The summed E-state index contributed by atoms with van der Waals surface area (Å²) in [6.07, 6.45) is 2.26. The molecule has 0 aliphatic carbocycles. The van der Waals surface area contributed by atoms with Crippen LogP contribution in [0.15, 0.2) is 24.3 Å². The summed E-state index contributed by atoms with van der Waals surface area (Å²) < 4.78 is 31.2. The van der Waals surface area contributed by atoms with Crippen LogP contribution in [0.3, 0.4) is 0 Å². The third kappa shape index (κ3) is 6.74. The van der Waals surface area contributed by atoms with Crippen molar-refractivity contribution in [1.82, 2.24) is 5.32 Å². The molecule has 1 aromatic carbocycles. The maximum atomic E-state index is 11.4. The molecule has 0 bridgehead atoms. The molecule has 0 radical (unpaired) electrons. The van der Waals surface area contributed by atoms with E-state index in [0.29, 0.717) is 5.69 Å². The Morgan fingerprint density at radius 3 is 2.29 bits per heavy atom. The van der Waals surface area contributed by atoms with E-state index in [1.807, 2.05) is 0 Å². The molecule has 0 saturated carbocycles. The number of sulfonamides is 1. The van der Waals surface area contributed by atoms with Crippen LogP contribution in [0.1, 0.15) is 19.8 Å².